The number of nitrogens with one attached hydrogen (secondary N) is 1. The number of fused-ring (bicyclic) bond motifs is 1. The average molecular weight is 364 g/mol. The molecule has 0 fully saturated rings. The van der Waals surface area contributed by atoms with E-state index in [2.05, 4.69) is 9.82 Å². The number of rotatable bonds is 5. The Morgan fingerprint density at radius 1 is 1.29 bits per heavy atom. The van der Waals surface area contributed by atoms with E-state index in [1.54, 1.807) is 12.4 Å². The molecule has 24 heavy (non-hydrogen) atoms. The lowest BCUT2D eigenvalue weighted by molar-refractivity contribution is 0.555. The average Bonchev–Trinajstić information content (AvgIpc) is 2.85. The van der Waals surface area contributed by atoms with Crippen molar-refractivity contribution in [1.82, 2.24) is 14.4 Å². The van der Waals surface area contributed by atoms with E-state index in [4.69, 9.17) is 23.4 Å². The van der Waals surface area contributed by atoms with E-state index in [1.807, 2.05) is 41.8 Å². The minimum atomic E-state index is -0.251. The van der Waals surface area contributed by atoms with Crippen LogP contribution < -0.4 is 4.84 Å². The van der Waals surface area contributed by atoms with Gasteiger partial charge in [0, 0.05) is 46.1 Å². The number of pyridine rings is 1. The van der Waals surface area contributed by atoms with Crippen LogP contribution in [0.5, 0.6) is 0 Å². The summed E-state index contributed by atoms with van der Waals surface area (Å²) in [7, 11) is 0. The van der Waals surface area contributed by atoms with Gasteiger partial charge in [0.1, 0.15) is 5.83 Å². The highest BCUT2D eigenvalue weighted by molar-refractivity contribution is 6.31. The van der Waals surface area contributed by atoms with Gasteiger partial charge >= 0.3 is 0 Å². The molecular weight excluding hydrogens is 348 g/mol. The van der Waals surface area contributed by atoms with E-state index in [0.29, 0.717) is 5.02 Å². The summed E-state index contributed by atoms with van der Waals surface area (Å²) in [6.07, 6.45) is 4.92. The first kappa shape index (κ1) is 17.0. The van der Waals surface area contributed by atoms with Crippen molar-refractivity contribution >= 4 is 34.3 Å². The lowest BCUT2D eigenvalue weighted by Crippen LogP contribution is -2.03. The maximum Gasteiger partial charge on any atom is 0.117 e. The molecule has 6 heteroatoms. The standard InChI is InChI=1S/C18H16Cl2FN3/c1-12-18(13-4-7-22-8-5-13)16-10-14(19)2-3-17(16)24(12)11-15(21)6-9-23-20/h2-8,10,23H,9,11H2,1H3/b15-6-. The second-order valence-electron chi connectivity index (χ2n) is 5.43. The van der Waals surface area contributed by atoms with Crippen molar-refractivity contribution in [3.8, 4) is 11.1 Å². The van der Waals surface area contributed by atoms with Gasteiger partial charge in [0.2, 0.25) is 0 Å². The predicted octanol–water partition coefficient (Wildman–Crippen LogP) is 5.26. The highest BCUT2D eigenvalue weighted by Gasteiger charge is 2.16. The Labute approximate surface area is 149 Å². The van der Waals surface area contributed by atoms with Crippen molar-refractivity contribution in [2.24, 2.45) is 0 Å². The Kier molecular flexibility index (Phi) is 5.19. The molecule has 0 bridgehead atoms. The third-order valence-corrected chi connectivity index (χ3v) is 4.35. The third-order valence-electron chi connectivity index (χ3n) is 3.96. The number of hydrogen-bond acceptors (Lipinski definition) is 2. The maximum atomic E-state index is 14.2. The van der Waals surface area contributed by atoms with Gasteiger partial charge < -0.3 is 4.57 Å². The van der Waals surface area contributed by atoms with Gasteiger partial charge in [0.15, 0.2) is 0 Å². The number of halogens is 3. The van der Waals surface area contributed by atoms with Crippen molar-refractivity contribution in [3.05, 3.63) is 65.3 Å². The summed E-state index contributed by atoms with van der Waals surface area (Å²) in [5.74, 6) is -0.251. The van der Waals surface area contributed by atoms with Crippen LogP contribution in [0.2, 0.25) is 5.02 Å². The first-order valence-electron chi connectivity index (χ1n) is 7.48. The van der Waals surface area contributed by atoms with Gasteiger partial charge in [0.05, 0.1) is 6.54 Å². The SMILES string of the molecule is Cc1c(-c2ccncc2)c2cc(Cl)ccc2n1C/C(F)=C/CNCl. The van der Waals surface area contributed by atoms with Crippen LogP contribution in [0.4, 0.5) is 4.39 Å². The zero-order valence-corrected chi connectivity index (χ0v) is 14.6. The molecule has 0 aliphatic rings. The summed E-state index contributed by atoms with van der Waals surface area (Å²) in [4.78, 5) is 6.46. The first-order valence-corrected chi connectivity index (χ1v) is 8.24. The summed E-state index contributed by atoms with van der Waals surface area (Å²) in [6, 6.07) is 9.53. The summed E-state index contributed by atoms with van der Waals surface area (Å²) in [6.45, 7) is 2.40. The zero-order chi connectivity index (χ0) is 17.1. The summed E-state index contributed by atoms with van der Waals surface area (Å²) >= 11 is 11.6. The number of aromatic nitrogens is 2. The fourth-order valence-electron chi connectivity index (χ4n) is 2.91. The molecule has 0 aliphatic heterocycles. The van der Waals surface area contributed by atoms with Crippen LogP contribution in [0.3, 0.4) is 0 Å². The Morgan fingerprint density at radius 2 is 2.04 bits per heavy atom. The summed E-state index contributed by atoms with van der Waals surface area (Å²) in [5, 5.41) is 1.65. The number of benzene rings is 1. The molecule has 2 heterocycles. The molecule has 0 unspecified atom stereocenters. The predicted molar refractivity (Wildman–Crippen MR) is 98.0 cm³/mol. The minimum Gasteiger partial charge on any atom is -0.337 e. The Balaban J connectivity index is 2.18. The quantitative estimate of drug-likeness (QED) is 0.626. The third kappa shape index (κ3) is 3.31. The second-order valence-corrected chi connectivity index (χ2v) is 6.14. The molecule has 0 aliphatic carbocycles. The van der Waals surface area contributed by atoms with Crippen LogP contribution >= 0.6 is 23.4 Å². The molecule has 2 aromatic heterocycles. The van der Waals surface area contributed by atoms with Crippen LogP contribution in [0.25, 0.3) is 22.0 Å². The Hall–Kier alpha value is -1.88. The highest BCUT2D eigenvalue weighted by atomic mass is 35.5. The molecule has 124 valence electrons. The van der Waals surface area contributed by atoms with Gasteiger partial charge in [-0.2, -0.15) is 0 Å². The van der Waals surface area contributed by atoms with Crippen molar-refractivity contribution in [2.45, 2.75) is 13.5 Å². The molecule has 3 rings (SSSR count). The van der Waals surface area contributed by atoms with Crippen molar-refractivity contribution in [3.63, 3.8) is 0 Å². The van der Waals surface area contributed by atoms with Gasteiger partial charge in [-0.25, -0.2) is 9.23 Å². The Bertz CT molecular complexity index is 888. The van der Waals surface area contributed by atoms with Crippen LogP contribution in [0.15, 0.2) is 54.6 Å². The van der Waals surface area contributed by atoms with Gasteiger partial charge in [-0.05, 0) is 60.7 Å². The van der Waals surface area contributed by atoms with Crippen molar-refractivity contribution in [1.29, 1.82) is 0 Å². The number of nitrogens with zero attached hydrogens (tertiary/aromatic N) is 2. The molecule has 3 nitrogen and oxygen atoms in total. The lowest BCUT2D eigenvalue weighted by atomic mass is 10.0. The minimum absolute atomic E-state index is 0.146. The zero-order valence-electron chi connectivity index (χ0n) is 13.1. The monoisotopic (exact) mass is 363 g/mol. The molecule has 0 saturated heterocycles. The molecular formula is C18H16Cl2FN3. The maximum absolute atomic E-state index is 14.2. The van der Waals surface area contributed by atoms with Gasteiger partial charge in [0.25, 0.3) is 0 Å². The largest absolute Gasteiger partial charge is 0.337 e. The summed E-state index contributed by atoms with van der Waals surface area (Å²) in [5.41, 5.74) is 3.98. The molecule has 0 spiro atoms. The normalized spacial score (nSPS) is 12.1. The van der Waals surface area contributed by atoms with Gasteiger partial charge in [-0.1, -0.05) is 11.6 Å². The van der Waals surface area contributed by atoms with E-state index < -0.39 is 0 Å². The molecule has 0 atom stereocenters. The fraction of sp³-hybridized carbons (Fsp3) is 0.167. The second kappa shape index (κ2) is 7.34. The highest BCUT2D eigenvalue weighted by Crippen LogP contribution is 2.36. The van der Waals surface area contributed by atoms with E-state index in [-0.39, 0.29) is 18.9 Å². The van der Waals surface area contributed by atoms with Crippen LogP contribution in [0.1, 0.15) is 5.69 Å². The number of allylic oxidation sites excluding steroid dienone is 1. The molecule has 0 amide bonds. The van der Waals surface area contributed by atoms with Crippen molar-refractivity contribution < 1.29 is 4.39 Å². The van der Waals surface area contributed by atoms with Gasteiger partial charge in [-0.15, -0.1) is 0 Å². The van der Waals surface area contributed by atoms with E-state index >= 15 is 0 Å². The molecule has 0 radical (unpaired) electrons. The van der Waals surface area contributed by atoms with Crippen LogP contribution in [-0.4, -0.2) is 16.1 Å². The summed E-state index contributed by atoms with van der Waals surface area (Å²) < 4.78 is 16.1. The smallest absolute Gasteiger partial charge is 0.117 e. The van der Waals surface area contributed by atoms with E-state index in [1.165, 1.54) is 6.08 Å². The lowest BCUT2D eigenvalue weighted by Gasteiger charge is -2.07. The van der Waals surface area contributed by atoms with E-state index in [0.717, 1.165) is 27.7 Å². The molecule has 1 aromatic carbocycles. The number of hydrogen-bond donors (Lipinski definition) is 1. The van der Waals surface area contributed by atoms with Crippen molar-refractivity contribution in [2.75, 3.05) is 6.54 Å². The molecule has 3 aromatic rings. The fourth-order valence-corrected chi connectivity index (χ4v) is 3.16. The van der Waals surface area contributed by atoms with Crippen LogP contribution in [0, 0.1) is 6.92 Å². The Morgan fingerprint density at radius 3 is 2.75 bits per heavy atom. The molecule has 0 saturated carbocycles. The molecule has 1 N–H and O–H groups in total. The van der Waals surface area contributed by atoms with Gasteiger partial charge in [-0.3, -0.25) is 4.98 Å². The first-order chi connectivity index (χ1) is 11.6. The van der Waals surface area contributed by atoms with E-state index in [9.17, 15) is 4.39 Å². The van der Waals surface area contributed by atoms with Crippen LogP contribution in [-0.2, 0) is 6.54 Å². The topological polar surface area (TPSA) is 29.9 Å².